The van der Waals surface area contributed by atoms with Crippen LogP contribution in [0.2, 0.25) is 0 Å². The predicted molar refractivity (Wildman–Crippen MR) is 64.8 cm³/mol. The highest BCUT2D eigenvalue weighted by atomic mass is 19.4. The number of hydrogen-bond donors (Lipinski definition) is 0. The molecule has 0 heterocycles. The van der Waals surface area contributed by atoms with Crippen LogP contribution >= 0.6 is 0 Å². The van der Waals surface area contributed by atoms with E-state index in [0.717, 1.165) is 6.07 Å². The van der Waals surface area contributed by atoms with Crippen LogP contribution in [0.3, 0.4) is 0 Å². The summed E-state index contributed by atoms with van der Waals surface area (Å²) in [4.78, 5) is 21.4. The van der Waals surface area contributed by atoms with E-state index in [2.05, 4.69) is 9.47 Å². The van der Waals surface area contributed by atoms with Gasteiger partial charge in [0.2, 0.25) is 0 Å². The van der Waals surface area contributed by atoms with Gasteiger partial charge in [0.05, 0.1) is 23.5 Å². The van der Waals surface area contributed by atoms with Crippen LogP contribution < -0.4 is 4.74 Å². The monoisotopic (exact) mass is 318 g/mol. The van der Waals surface area contributed by atoms with Crippen LogP contribution in [0.1, 0.15) is 18.1 Å². The van der Waals surface area contributed by atoms with Crippen LogP contribution in [-0.4, -0.2) is 23.9 Å². The predicted octanol–water partition coefficient (Wildman–Crippen LogP) is 2.47. The first-order valence-electron chi connectivity index (χ1n) is 5.81. The first-order chi connectivity index (χ1) is 10.2. The van der Waals surface area contributed by atoms with E-state index in [1.807, 2.05) is 0 Å². The first-order valence-corrected chi connectivity index (χ1v) is 5.81. The fourth-order valence-corrected chi connectivity index (χ4v) is 1.65. The van der Waals surface area contributed by atoms with E-state index < -0.39 is 46.2 Å². The average Bonchev–Trinajstić information content (AvgIpc) is 2.37. The number of rotatable bonds is 5. The second-order valence-corrected chi connectivity index (χ2v) is 3.83. The molecule has 1 aromatic rings. The molecule has 1 rings (SSSR count). The maximum absolute atomic E-state index is 12.3. The summed E-state index contributed by atoms with van der Waals surface area (Å²) in [5.74, 6) is -1.83. The lowest BCUT2D eigenvalue weighted by molar-refractivity contribution is -0.385. The van der Waals surface area contributed by atoms with Crippen molar-refractivity contribution in [2.24, 2.45) is 0 Å². The molecule has 0 radical (unpaired) electrons. The molecule has 7 nitrogen and oxygen atoms in total. The Morgan fingerprint density at radius 1 is 1.45 bits per heavy atom. The lowest BCUT2D eigenvalue weighted by Crippen LogP contribution is -2.19. The normalized spacial score (nSPS) is 10.7. The van der Waals surface area contributed by atoms with Crippen molar-refractivity contribution in [3.8, 4) is 11.8 Å². The number of nitro benzene ring substituents is 1. The minimum Gasteiger partial charge on any atom is -0.466 e. The lowest BCUT2D eigenvalue weighted by atomic mass is 10.0. The minimum absolute atomic E-state index is 0.0206. The number of benzene rings is 1. The molecule has 0 bridgehead atoms. The maximum atomic E-state index is 12.3. The average molecular weight is 318 g/mol. The topological polar surface area (TPSA) is 102 Å². The molecule has 0 amide bonds. The summed E-state index contributed by atoms with van der Waals surface area (Å²) in [7, 11) is 0. The fourth-order valence-electron chi connectivity index (χ4n) is 1.65. The Morgan fingerprint density at radius 3 is 2.55 bits per heavy atom. The van der Waals surface area contributed by atoms with Gasteiger partial charge < -0.3 is 9.47 Å². The van der Waals surface area contributed by atoms with Crippen LogP contribution in [0.4, 0.5) is 18.9 Å². The van der Waals surface area contributed by atoms with Gasteiger partial charge in [-0.2, -0.15) is 5.26 Å². The second-order valence-electron chi connectivity index (χ2n) is 3.83. The third-order valence-electron chi connectivity index (χ3n) is 2.41. The number of ether oxygens (including phenoxy) is 2. The standard InChI is InChI=1S/C12H9F3N2O5/c1-2-21-11(18)5-7-8(6-16)10(22-12(13,14)15)4-3-9(7)17(19)20/h3-4H,2,5H2,1H3. The van der Waals surface area contributed by atoms with Crippen molar-refractivity contribution in [1.29, 1.82) is 5.26 Å². The van der Waals surface area contributed by atoms with Gasteiger partial charge in [-0.3, -0.25) is 14.9 Å². The molecule has 0 aromatic heterocycles. The van der Waals surface area contributed by atoms with Crippen molar-refractivity contribution < 1.29 is 32.4 Å². The van der Waals surface area contributed by atoms with Gasteiger partial charge in [0.15, 0.2) is 0 Å². The number of nitrogens with zero attached hydrogens (tertiary/aromatic N) is 2. The van der Waals surface area contributed by atoms with Crippen LogP contribution in [-0.2, 0) is 16.0 Å². The second kappa shape index (κ2) is 6.75. The number of esters is 1. The molecule has 0 N–H and O–H groups in total. The molecule has 22 heavy (non-hydrogen) atoms. The highest BCUT2D eigenvalue weighted by Gasteiger charge is 2.34. The smallest absolute Gasteiger partial charge is 0.466 e. The molecule has 0 aliphatic heterocycles. The Balaban J connectivity index is 3.40. The third-order valence-corrected chi connectivity index (χ3v) is 2.41. The molecule has 1 aromatic carbocycles. The van der Waals surface area contributed by atoms with Crippen LogP contribution in [0.25, 0.3) is 0 Å². The number of halogens is 3. The molecule has 0 spiro atoms. The van der Waals surface area contributed by atoms with Crippen molar-refractivity contribution in [3.63, 3.8) is 0 Å². The summed E-state index contributed by atoms with van der Waals surface area (Å²) < 4.78 is 45.1. The van der Waals surface area contributed by atoms with E-state index in [9.17, 15) is 28.1 Å². The molecule has 0 atom stereocenters. The molecule has 0 aliphatic rings. The minimum atomic E-state index is -5.08. The maximum Gasteiger partial charge on any atom is 0.573 e. The zero-order chi connectivity index (χ0) is 16.9. The van der Waals surface area contributed by atoms with Gasteiger partial charge >= 0.3 is 12.3 Å². The zero-order valence-corrected chi connectivity index (χ0v) is 11.1. The SMILES string of the molecule is CCOC(=O)Cc1c([N+](=O)[O-])ccc(OC(F)(F)F)c1C#N. The molecule has 10 heteroatoms. The molecular formula is C12H9F3N2O5. The summed E-state index contributed by atoms with van der Waals surface area (Å²) in [6.45, 7) is 1.47. The molecular weight excluding hydrogens is 309 g/mol. The fraction of sp³-hybridized carbons (Fsp3) is 0.333. The van der Waals surface area contributed by atoms with Gasteiger partial charge in [0.1, 0.15) is 17.4 Å². The number of nitriles is 1. The highest BCUT2D eigenvalue weighted by molar-refractivity contribution is 5.76. The molecule has 0 unspecified atom stereocenters. The Labute approximate surface area is 122 Å². The molecule has 0 saturated carbocycles. The molecule has 0 fully saturated rings. The third kappa shape index (κ3) is 4.34. The number of carbonyl (C=O) groups is 1. The zero-order valence-electron chi connectivity index (χ0n) is 11.1. The summed E-state index contributed by atoms with van der Waals surface area (Å²) in [6, 6.07) is 2.78. The Hall–Kier alpha value is -2.83. The van der Waals surface area contributed by atoms with Crippen molar-refractivity contribution in [2.75, 3.05) is 6.61 Å². The van der Waals surface area contributed by atoms with Crippen molar-refractivity contribution >= 4 is 11.7 Å². The Bertz CT molecular complexity index is 637. The van der Waals surface area contributed by atoms with E-state index in [1.165, 1.54) is 13.0 Å². The molecule has 118 valence electrons. The lowest BCUT2D eigenvalue weighted by Gasteiger charge is -2.12. The number of alkyl halides is 3. The quantitative estimate of drug-likeness (QED) is 0.469. The number of nitro groups is 1. The highest BCUT2D eigenvalue weighted by Crippen LogP contribution is 2.33. The largest absolute Gasteiger partial charge is 0.573 e. The van der Waals surface area contributed by atoms with E-state index in [4.69, 9.17) is 5.26 Å². The van der Waals surface area contributed by atoms with E-state index in [1.54, 1.807) is 0 Å². The van der Waals surface area contributed by atoms with Crippen LogP contribution in [0.5, 0.6) is 5.75 Å². The number of carbonyl (C=O) groups excluding carboxylic acids is 1. The van der Waals surface area contributed by atoms with E-state index >= 15 is 0 Å². The van der Waals surface area contributed by atoms with Crippen LogP contribution in [0, 0.1) is 21.4 Å². The van der Waals surface area contributed by atoms with Crippen LogP contribution in [0.15, 0.2) is 12.1 Å². The Morgan fingerprint density at radius 2 is 2.09 bits per heavy atom. The van der Waals surface area contributed by atoms with Gasteiger partial charge in [0.25, 0.3) is 5.69 Å². The van der Waals surface area contributed by atoms with Gasteiger partial charge in [-0.05, 0) is 13.0 Å². The summed E-state index contributed by atoms with van der Waals surface area (Å²) in [6.07, 6.45) is -5.80. The van der Waals surface area contributed by atoms with Gasteiger partial charge in [0, 0.05) is 6.07 Å². The molecule has 0 aliphatic carbocycles. The van der Waals surface area contributed by atoms with Crippen molar-refractivity contribution in [1.82, 2.24) is 0 Å². The Kier molecular flexibility index (Phi) is 5.28. The van der Waals surface area contributed by atoms with Gasteiger partial charge in [-0.15, -0.1) is 13.2 Å². The first kappa shape index (κ1) is 17.2. The van der Waals surface area contributed by atoms with E-state index in [0.29, 0.717) is 6.07 Å². The summed E-state index contributed by atoms with van der Waals surface area (Å²) >= 11 is 0. The van der Waals surface area contributed by atoms with Gasteiger partial charge in [-0.25, -0.2) is 0 Å². The van der Waals surface area contributed by atoms with Crippen molar-refractivity contribution in [2.45, 2.75) is 19.7 Å². The van der Waals surface area contributed by atoms with Gasteiger partial charge in [-0.1, -0.05) is 0 Å². The van der Waals surface area contributed by atoms with Crippen molar-refractivity contribution in [3.05, 3.63) is 33.4 Å². The number of hydrogen-bond acceptors (Lipinski definition) is 6. The summed E-state index contributed by atoms with van der Waals surface area (Å²) in [5.41, 5.74) is -1.90. The molecule has 0 saturated heterocycles. The van der Waals surface area contributed by atoms with E-state index in [-0.39, 0.29) is 6.61 Å². The summed E-state index contributed by atoms with van der Waals surface area (Å²) in [5, 5.41) is 19.9.